The van der Waals surface area contributed by atoms with Gasteiger partial charge in [-0.3, -0.25) is 9.69 Å². The topological polar surface area (TPSA) is 32.3 Å². The summed E-state index contributed by atoms with van der Waals surface area (Å²) >= 11 is 0. The third-order valence-corrected chi connectivity index (χ3v) is 6.82. The zero-order valence-electron chi connectivity index (χ0n) is 20.2. The molecule has 0 radical (unpaired) electrons. The largest absolute Gasteiger partial charge is 0.416 e. The minimum absolute atomic E-state index is 0.0247. The molecule has 1 N–H and O–H groups in total. The summed E-state index contributed by atoms with van der Waals surface area (Å²) in [7, 11) is 0. The van der Waals surface area contributed by atoms with Crippen molar-refractivity contribution in [1.29, 1.82) is 0 Å². The number of benzene rings is 3. The maximum absolute atomic E-state index is 13.0. The molecule has 1 aliphatic carbocycles. The van der Waals surface area contributed by atoms with E-state index in [1.54, 1.807) is 24.3 Å². The Bertz CT molecular complexity index is 1150. The standard InChI is InChI=1S/C29H31F3N2O/c1-3-34(4-2)19-20-8-17-26-24(18-20)6-5-7-27(26)33-28(35)23-11-9-21(10-12-23)22-13-15-25(16-14-22)29(30,31)32/h8-18,27H,3-7,19H2,1-2H3,(H,33,35). The number of nitrogens with zero attached hydrogens (tertiary/aromatic N) is 1. The first kappa shape index (κ1) is 25.0. The van der Waals surface area contributed by atoms with E-state index in [1.807, 2.05) is 0 Å². The molecule has 4 rings (SSSR count). The van der Waals surface area contributed by atoms with Crippen LogP contribution >= 0.6 is 0 Å². The van der Waals surface area contributed by atoms with Crippen LogP contribution in [0, 0.1) is 0 Å². The van der Waals surface area contributed by atoms with E-state index in [9.17, 15) is 18.0 Å². The first-order valence-electron chi connectivity index (χ1n) is 12.2. The Labute approximate surface area is 205 Å². The first-order chi connectivity index (χ1) is 16.8. The fraction of sp³-hybridized carbons (Fsp3) is 0.345. The molecule has 35 heavy (non-hydrogen) atoms. The SMILES string of the molecule is CCN(CC)Cc1ccc2c(c1)CCCC2NC(=O)c1ccc(-c2ccc(C(F)(F)F)cc2)cc1. The van der Waals surface area contributed by atoms with Gasteiger partial charge in [-0.25, -0.2) is 0 Å². The number of halogens is 3. The van der Waals surface area contributed by atoms with Crippen molar-refractivity contribution in [2.24, 2.45) is 0 Å². The van der Waals surface area contributed by atoms with Crippen LogP contribution < -0.4 is 5.32 Å². The van der Waals surface area contributed by atoms with Gasteiger partial charge in [0.15, 0.2) is 0 Å². The number of amides is 1. The van der Waals surface area contributed by atoms with E-state index < -0.39 is 11.7 Å². The van der Waals surface area contributed by atoms with Crippen molar-refractivity contribution < 1.29 is 18.0 Å². The highest BCUT2D eigenvalue weighted by atomic mass is 19.4. The third kappa shape index (κ3) is 5.93. The molecule has 0 saturated heterocycles. The summed E-state index contributed by atoms with van der Waals surface area (Å²) in [5.41, 5.74) is 5.10. The molecule has 3 aromatic rings. The highest BCUT2D eigenvalue weighted by molar-refractivity contribution is 5.95. The molecule has 0 saturated carbocycles. The molecule has 1 amide bonds. The number of nitrogens with one attached hydrogen (secondary N) is 1. The van der Waals surface area contributed by atoms with Crippen molar-refractivity contribution in [1.82, 2.24) is 10.2 Å². The Morgan fingerprint density at radius 3 is 2.17 bits per heavy atom. The van der Waals surface area contributed by atoms with Crippen LogP contribution in [0.2, 0.25) is 0 Å². The lowest BCUT2D eigenvalue weighted by molar-refractivity contribution is -0.137. The molecule has 1 aliphatic rings. The summed E-state index contributed by atoms with van der Waals surface area (Å²) in [6.07, 6.45) is -1.40. The maximum Gasteiger partial charge on any atom is 0.416 e. The number of carbonyl (C=O) groups excluding carboxylic acids is 1. The molecule has 3 nitrogen and oxygen atoms in total. The van der Waals surface area contributed by atoms with Gasteiger partial charge in [-0.2, -0.15) is 13.2 Å². The van der Waals surface area contributed by atoms with Crippen LogP contribution in [0.5, 0.6) is 0 Å². The van der Waals surface area contributed by atoms with E-state index in [1.165, 1.54) is 28.8 Å². The number of rotatable bonds is 7. The second kappa shape index (κ2) is 10.6. The molecule has 0 aliphatic heterocycles. The molecular formula is C29H31F3N2O. The van der Waals surface area contributed by atoms with Crippen LogP contribution in [0.15, 0.2) is 66.7 Å². The fourth-order valence-corrected chi connectivity index (χ4v) is 4.73. The Morgan fingerprint density at radius 2 is 1.57 bits per heavy atom. The second-order valence-corrected chi connectivity index (χ2v) is 9.07. The van der Waals surface area contributed by atoms with Crippen molar-refractivity contribution in [3.8, 4) is 11.1 Å². The Balaban J connectivity index is 1.44. The number of fused-ring (bicyclic) bond motifs is 1. The van der Waals surface area contributed by atoms with Crippen molar-refractivity contribution in [2.45, 2.75) is 51.9 Å². The van der Waals surface area contributed by atoms with Gasteiger partial charge in [-0.05, 0) is 84.4 Å². The third-order valence-electron chi connectivity index (χ3n) is 6.82. The van der Waals surface area contributed by atoms with Gasteiger partial charge < -0.3 is 5.32 Å². The molecule has 0 aromatic heterocycles. The van der Waals surface area contributed by atoms with Crippen LogP contribution in [0.4, 0.5) is 13.2 Å². The van der Waals surface area contributed by atoms with Crippen molar-refractivity contribution in [3.05, 3.63) is 94.5 Å². The van der Waals surface area contributed by atoms with Crippen LogP contribution in [-0.2, 0) is 19.1 Å². The van der Waals surface area contributed by atoms with Crippen molar-refractivity contribution in [3.63, 3.8) is 0 Å². The van der Waals surface area contributed by atoms with Crippen LogP contribution in [0.1, 0.15) is 65.3 Å². The normalized spacial score (nSPS) is 15.7. The van der Waals surface area contributed by atoms with E-state index in [0.717, 1.165) is 56.6 Å². The van der Waals surface area contributed by atoms with E-state index in [-0.39, 0.29) is 11.9 Å². The molecule has 0 fully saturated rings. The van der Waals surface area contributed by atoms with Crippen LogP contribution in [-0.4, -0.2) is 23.9 Å². The quantitative estimate of drug-likeness (QED) is 0.394. The lowest BCUT2D eigenvalue weighted by atomic mass is 9.86. The Morgan fingerprint density at radius 1 is 0.943 bits per heavy atom. The predicted molar refractivity (Wildman–Crippen MR) is 133 cm³/mol. The van der Waals surface area contributed by atoms with Crippen molar-refractivity contribution in [2.75, 3.05) is 13.1 Å². The van der Waals surface area contributed by atoms with Gasteiger partial charge in [0, 0.05) is 12.1 Å². The van der Waals surface area contributed by atoms with Crippen LogP contribution in [0.25, 0.3) is 11.1 Å². The van der Waals surface area contributed by atoms with Gasteiger partial charge in [0.05, 0.1) is 11.6 Å². The average molecular weight is 481 g/mol. The van der Waals surface area contributed by atoms with E-state index >= 15 is 0 Å². The molecule has 1 atom stereocenters. The second-order valence-electron chi connectivity index (χ2n) is 9.07. The Kier molecular flexibility index (Phi) is 7.60. The minimum atomic E-state index is -4.36. The first-order valence-corrected chi connectivity index (χ1v) is 12.2. The summed E-state index contributed by atoms with van der Waals surface area (Å²) in [4.78, 5) is 15.4. The molecule has 6 heteroatoms. The summed E-state index contributed by atoms with van der Waals surface area (Å²) in [5.74, 6) is -0.144. The highest BCUT2D eigenvalue weighted by Gasteiger charge is 2.30. The zero-order chi connectivity index (χ0) is 25.0. The number of hydrogen-bond donors (Lipinski definition) is 1. The van der Waals surface area contributed by atoms with Gasteiger partial charge in [-0.15, -0.1) is 0 Å². The van der Waals surface area contributed by atoms with E-state index in [4.69, 9.17) is 0 Å². The smallest absolute Gasteiger partial charge is 0.345 e. The molecule has 0 heterocycles. The number of hydrogen-bond acceptors (Lipinski definition) is 2. The molecule has 3 aromatic carbocycles. The molecule has 1 unspecified atom stereocenters. The zero-order valence-corrected chi connectivity index (χ0v) is 20.2. The molecule has 0 spiro atoms. The predicted octanol–water partition coefficient (Wildman–Crippen LogP) is 7.02. The van der Waals surface area contributed by atoms with Gasteiger partial charge in [0.25, 0.3) is 5.91 Å². The van der Waals surface area contributed by atoms with Gasteiger partial charge in [0.2, 0.25) is 0 Å². The van der Waals surface area contributed by atoms with E-state index in [2.05, 4.69) is 42.3 Å². The van der Waals surface area contributed by atoms with Gasteiger partial charge >= 0.3 is 6.18 Å². The fourth-order valence-electron chi connectivity index (χ4n) is 4.73. The number of carbonyl (C=O) groups is 1. The summed E-state index contributed by atoms with van der Waals surface area (Å²) in [6, 6.07) is 18.6. The summed E-state index contributed by atoms with van der Waals surface area (Å²) < 4.78 is 38.4. The van der Waals surface area contributed by atoms with Gasteiger partial charge in [0.1, 0.15) is 0 Å². The minimum Gasteiger partial charge on any atom is -0.345 e. The lowest BCUT2D eigenvalue weighted by Gasteiger charge is -2.28. The monoisotopic (exact) mass is 480 g/mol. The molecule has 0 bridgehead atoms. The molecular weight excluding hydrogens is 449 g/mol. The maximum atomic E-state index is 13.0. The average Bonchev–Trinajstić information content (AvgIpc) is 2.87. The van der Waals surface area contributed by atoms with Crippen LogP contribution in [0.3, 0.4) is 0 Å². The van der Waals surface area contributed by atoms with Crippen molar-refractivity contribution >= 4 is 5.91 Å². The summed E-state index contributed by atoms with van der Waals surface area (Å²) in [5, 5.41) is 3.18. The molecule has 184 valence electrons. The number of alkyl halides is 3. The van der Waals surface area contributed by atoms with Gasteiger partial charge in [-0.1, -0.05) is 56.3 Å². The highest BCUT2D eigenvalue weighted by Crippen LogP contribution is 2.32. The summed E-state index contributed by atoms with van der Waals surface area (Å²) in [6.45, 7) is 7.31. The number of aryl methyl sites for hydroxylation is 1. The van der Waals surface area contributed by atoms with E-state index in [0.29, 0.717) is 11.1 Å². The lowest BCUT2D eigenvalue weighted by Crippen LogP contribution is -2.31. The Hall–Kier alpha value is -3.12.